The molecule has 0 bridgehead atoms. The van der Waals surface area contributed by atoms with E-state index < -0.39 is 11.0 Å². The molecule has 8 heteroatoms. The Hall–Kier alpha value is -3.81. The predicted molar refractivity (Wildman–Crippen MR) is 119 cm³/mol. The van der Waals surface area contributed by atoms with Gasteiger partial charge >= 0.3 is 6.03 Å². The summed E-state index contributed by atoms with van der Waals surface area (Å²) in [5, 5.41) is 16.0. The van der Waals surface area contributed by atoms with Crippen LogP contribution in [0.2, 0.25) is 0 Å². The van der Waals surface area contributed by atoms with Crippen molar-refractivity contribution in [2.24, 2.45) is 0 Å². The van der Waals surface area contributed by atoms with Crippen LogP contribution in [-0.2, 0) is 0 Å². The number of nitrogens with one attached hydrogen (secondary N) is 2. The van der Waals surface area contributed by atoms with Gasteiger partial charge in [0.2, 0.25) is 0 Å². The van der Waals surface area contributed by atoms with Gasteiger partial charge in [0, 0.05) is 30.3 Å². The first-order valence-electron chi connectivity index (χ1n) is 10.2. The Labute approximate surface area is 184 Å². The molecule has 0 aromatic heterocycles. The molecule has 0 aliphatic heterocycles. The third-order valence-corrected chi connectivity index (χ3v) is 5.09. The number of non-ortho nitro benzene ring substituents is 1. The van der Waals surface area contributed by atoms with Gasteiger partial charge in [-0.1, -0.05) is 30.7 Å². The summed E-state index contributed by atoms with van der Waals surface area (Å²) in [5.41, 5.74) is 2.30. The van der Waals surface area contributed by atoms with E-state index in [4.69, 9.17) is 0 Å². The predicted octanol–water partition coefficient (Wildman–Crippen LogP) is 6.00. The van der Waals surface area contributed by atoms with E-state index in [2.05, 4.69) is 10.6 Å². The normalized spacial score (nSPS) is 10.7. The summed E-state index contributed by atoms with van der Waals surface area (Å²) in [4.78, 5) is 22.2. The van der Waals surface area contributed by atoms with Crippen molar-refractivity contribution in [3.63, 3.8) is 0 Å². The van der Waals surface area contributed by atoms with E-state index in [1.54, 1.807) is 24.3 Å². The average Bonchev–Trinajstić information content (AvgIpc) is 2.78. The number of nitro benzene ring substituents is 1. The highest BCUT2D eigenvalue weighted by atomic mass is 19.1. The molecule has 0 atom stereocenters. The van der Waals surface area contributed by atoms with E-state index in [0.717, 1.165) is 24.0 Å². The van der Waals surface area contributed by atoms with Gasteiger partial charge in [0.05, 0.1) is 4.92 Å². The molecule has 32 heavy (non-hydrogen) atoms. The molecule has 2 N–H and O–H groups in total. The Morgan fingerprint density at radius 3 is 1.88 bits per heavy atom. The number of unbranched alkanes of at least 4 members (excludes halogenated alkanes) is 1. The van der Waals surface area contributed by atoms with Crippen molar-refractivity contribution in [2.45, 2.75) is 25.2 Å². The Balaban J connectivity index is 1.49. The zero-order valence-corrected chi connectivity index (χ0v) is 17.3. The van der Waals surface area contributed by atoms with Crippen LogP contribution in [-0.4, -0.2) is 17.5 Å². The molecule has 0 unspecified atom stereocenters. The number of amides is 2. The second kappa shape index (κ2) is 11.0. The smallest absolute Gasteiger partial charge is 0.319 e. The summed E-state index contributed by atoms with van der Waals surface area (Å²) >= 11 is 0. The Morgan fingerprint density at radius 2 is 1.38 bits per heavy atom. The number of carbonyl (C=O) groups is 1. The fraction of sp³-hybridized carbons (Fsp3) is 0.208. The lowest BCUT2D eigenvalue weighted by Crippen LogP contribution is -2.29. The number of benzene rings is 3. The van der Waals surface area contributed by atoms with E-state index in [-0.39, 0.29) is 23.2 Å². The van der Waals surface area contributed by atoms with Crippen molar-refractivity contribution in [3.8, 4) is 0 Å². The largest absolute Gasteiger partial charge is 0.338 e. The van der Waals surface area contributed by atoms with Crippen LogP contribution in [0.5, 0.6) is 0 Å². The third-order valence-electron chi connectivity index (χ3n) is 5.09. The lowest BCUT2D eigenvalue weighted by Gasteiger charge is -2.18. The second-order valence-corrected chi connectivity index (χ2v) is 7.34. The molecule has 3 aromatic rings. The number of anilines is 1. The molecule has 0 spiro atoms. The summed E-state index contributed by atoms with van der Waals surface area (Å²) in [6, 6.07) is 17.8. The van der Waals surface area contributed by atoms with Crippen molar-refractivity contribution in [1.29, 1.82) is 0 Å². The number of nitro groups is 1. The molecule has 3 rings (SSSR count). The number of nitrogens with zero attached hydrogens (tertiary/aromatic N) is 1. The molecular weight excluding hydrogens is 416 g/mol. The van der Waals surface area contributed by atoms with E-state index in [0.29, 0.717) is 18.7 Å². The number of hydrogen-bond donors (Lipinski definition) is 2. The molecule has 3 aromatic carbocycles. The average molecular weight is 439 g/mol. The molecule has 0 aliphatic rings. The van der Waals surface area contributed by atoms with Crippen LogP contribution in [0.3, 0.4) is 0 Å². The third kappa shape index (κ3) is 6.60. The zero-order chi connectivity index (χ0) is 22.9. The minimum atomic E-state index is -0.505. The van der Waals surface area contributed by atoms with Crippen LogP contribution in [0.4, 0.5) is 25.0 Å². The minimum Gasteiger partial charge on any atom is -0.338 e. The van der Waals surface area contributed by atoms with E-state index in [9.17, 15) is 23.7 Å². The fourth-order valence-corrected chi connectivity index (χ4v) is 3.43. The summed E-state index contributed by atoms with van der Waals surface area (Å²) in [6.45, 7) is 0.443. The zero-order valence-electron chi connectivity index (χ0n) is 17.3. The lowest BCUT2D eigenvalue weighted by molar-refractivity contribution is -0.384. The van der Waals surface area contributed by atoms with Crippen molar-refractivity contribution in [3.05, 3.63) is 106 Å². The fourth-order valence-electron chi connectivity index (χ4n) is 3.43. The van der Waals surface area contributed by atoms with Crippen LogP contribution in [0, 0.1) is 21.7 Å². The van der Waals surface area contributed by atoms with Gasteiger partial charge < -0.3 is 10.6 Å². The van der Waals surface area contributed by atoms with Gasteiger partial charge in [-0.2, -0.15) is 0 Å². The molecule has 2 amide bonds. The quantitative estimate of drug-likeness (QED) is 0.244. The second-order valence-electron chi connectivity index (χ2n) is 7.34. The molecule has 0 saturated carbocycles. The maximum absolute atomic E-state index is 13.3. The summed E-state index contributed by atoms with van der Waals surface area (Å²) in [7, 11) is 0. The van der Waals surface area contributed by atoms with Crippen LogP contribution in [0.15, 0.2) is 72.8 Å². The monoisotopic (exact) mass is 439 g/mol. The van der Waals surface area contributed by atoms with Crippen molar-refractivity contribution < 1.29 is 18.5 Å². The van der Waals surface area contributed by atoms with Crippen LogP contribution >= 0.6 is 0 Å². The topological polar surface area (TPSA) is 84.3 Å². The molecule has 0 aliphatic carbocycles. The van der Waals surface area contributed by atoms with Gasteiger partial charge in [0.25, 0.3) is 5.69 Å². The number of halogens is 2. The van der Waals surface area contributed by atoms with Crippen molar-refractivity contribution in [1.82, 2.24) is 5.32 Å². The first-order valence-corrected chi connectivity index (χ1v) is 10.2. The molecule has 6 nitrogen and oxygen atoms in total. The molecule has 0 heterocycles. The highest BCUT2D eigenvalue weighted by Crippen LogP contribution is 2.30. The van der Waals surface area contributed by atoms with E-state index in [1.165, 1.54) is 48.5 Å². The van der Waals surface area contributed by atoms with Crippen molar-refractivity contribution in [2.75, 3.05) is 11.9 Å². The highest BCUT2D eigenvalue weighted by molar-refractivity contribution is 5.89. The first-order chi connectivity index (χ1) is 15.4. The van der Waals surface area contributed by atoms with Crippen LogP contribution in [0.1, 0.15) is 36.3 Å². The highest BCUT2D eigenvalue weighted by Gasteiger charge is 2.14. The molecular formula is C24H23F2N3O3. The lowest BCUT2D eigenvalue weighted by atomic mass is 9.87. The van der Waals surface area contributed by atoms with Gasteiger partial charge in [0.15, 0.2) is 0 Å². The van der Waals surface area contributed by atoms with Crippen LogP contribution < -0.4 is 10.6 Å². The van der Waals surface area contributed by atoms with Crippen LogP contribution in [0.25, 0.3) is 0 Å². The molecule has 0 saturated heterocycles. The Morgan fingerprint density at radius 1 is 0.844 bits per heavy atom. The summed E-state index contributed by atoms with van der Waals surface area (Å²) in [5.74, 6) is -0.630. The van der Waals surface area contributed by atoms with E-state index >= 15 is 0 Å². The number of rotatable bonds is 9. The number of urea groups is 1. The molecule has 0 radical (unpaired) electrons. The van der Waals surface area contributed by atoms with E-state index in [1.807, 2.05) is 0 Å². The molecule has 0 fully saturated rings. The minimum absolute atomic E-state index is 0.00913. The number of hydrogen-bond acceptors (Lipinski definition) is 3. The number of carbonyl (C=O) groups excluding carboxylic acids is 1. The van der Waals surface area contributed by atoms with Gasteiger partial charge in [0.1, 0.15) is 11.6 Å². The SMILES string of the molecule is O=C(NCCCCC(c1ccc(F)cc1)c1ccc(F)cc1)Nc1ccc([N+](=O)[O-])cc1. The Bertz CT molecular complexity index is 994. The standard InChI is InChI=1S/C24H23F2N3O3/c25-19-8-4-17(5-9-19)23(18-6-10-20(26)11-7-18)3-1-2-16-27-24(30)28-21-12-14-22(15-13-21)29(31)32/h4-15,23H,1-3,16H2,(H2,27,28,30). The summed E-state index contributed by atoms with van der Waals surface area (Å²) < 4.78 is 26.6. The Kier molecular flexibility index (Phi) is 7.85. The summed E-state index contributed by atoms with van der Waals surface area (Å²) in [6.07, 6.45) is 2.26. The molecule has 166 valence electrons. The van der Waals surface area contributed by atoms with Crippen molar-refractivity contribution >= 4 is 17.4 Å². The maximum Gasteiger partial charge on any atom is 0.319 e. The van der Waals surface area contributed by atoms with Gasteiger partial charge in [-0.15, -0.1) is 0 Å². The van der Waals surface area contributed by atoms with Gasteiger partial charge in [-0.3, -0.25) is 10.1 Å². The van der Waals surface area contributed by atoms with Gasteiger partial charge in [-0.05, 0) is 60.4 Å². The van der Waals surface area contributed by atoms with Gasteiger partial charge in [-0.25, -0.2) is 13.6 Å². The maximum atomic E-state index is 13.3. The first kappa shape index (κ1) is 22.9.